The van der Waals surface area contributed by atoms with Crippen LogP contribution in [-0.4, -0.2) is 29.5 Å². The van der Waals surface area contributed by atoms with Crippen LogP contribution in [0.4, 0.5) is 4.79 Å². The second kappa shape index (κ2) is 12.7. The lowest BCUT2D eigenvalue weighted by molar-refractivity contribution is -0.144. The first kappa shape index (κ1) is 30.1. The van der Waals surface area contributed by atoms with Crippen molar-refractivity contribution in [1.29, 1.82) is 0 Å². The molecule has 1 rings (SSSR count). The van der Waals surface area contributed by atoms with Gasteiger partial charge >= 0.3 is 12.1 Å². The van der Waals surface area contributed by atoms with Gasteiger partial charge in [0.2, 0.25) is 0 Å². The predicted octanol–water partition coefficient (Wildman–Crippen LogP) is 6.96. The van der Waals surface area contributed by atoms with Gasteiger partial charge in [-0.3, -0.25) is 4.84 Å². The van der Waals surface area contributed by atoms with Crippen LogP contribution in [0.2, 0.25) is 0 Å². The first-order chi connectivity index (χ1) is 15.5. The molecule has 2 unspecified atom stereocenters. The Hall–Kier alpha value is -1.92. The Morgan fingerprint density at radius 3 is 1.76 bits per heavy atom. The number of amides is 1. The minimum atomic E-state index is -0.521. The molecule has 7 nitrogen and oxygen atoms in total. The van der Waals surface area contributed by atoms with E-state index in [-0.39, 0.29) is 46.5 Å². The summed E-state index contributed by atoms with van der Waals surface area (Å²) in [6.07, 6.45) is 3.05. The van der Waals surface area contributed by atoms with Crippen LogP contribution in [-0.2, 0) is 14.5 Å². The van der Waals surface area contributed by atoms with Gasteiger partial charge in [0.25, 0.3) is 0 Å². The van der Waals surface area contributed by atoms with Crippen molar-refractivity contribution in [3.8, 4) is 0 Å². The van der Waals surface area contributed by atoms with Gasteiger partial charge in [0.15, 0.2) is 0 Å². The number of carbonyl (C=O) groups is 2. The van der Waals surface area contributed by atoms with Crippen LogP contribution in [0.15, 0.2) is 10.3 Å². The number of hydrogen-bond donors (Lipinski definition) is 1. The monoisotopic (exact) mass is 479 g/mol. The van der Waals surface area contributed by atoms with E-state index in [9.17, 15) is 9.59 Å². The zero-order chi connectivity index (χ0) is 26.3. The fourth-order valence-electron chi connectivity index (χ4n) is 5.52. The number of hydrogen-bond acceptors (Lipinski definition) is 6. The lowest BCUT2D eigenvalue weighted by Crippen LogP contribution is -2.47. The Labute approximate surface area is 207 Å². The van der Waals surface area contributed by atoms with Crippen LogP contribution in [0.25, 0.3) is 0 Å². The van der Waals surface area contributed by atoms with Gasteiger partial charge in [-0.15, -0.1) is 0 Å². The summed E-state index contributed by atoms with van der Waals surface area (Å²) in [4.78, 5) is 35.4. The van der Waals surface area contributed by atoms with E-state index >= 15 is 0 Å². The van der Waals surface area contributed by atoms with Crippen molar-refractivity contribution in [2.45, 2.75) is 114 Å². The van der Waals surface area contributed by atoms with Gasteiger partial charge in [-0.1, -0.05) is 86.5 Å². The Morgan fingerprint density at radius 2 is 1.29 bits per heavy atom. The number of nitrogens with zero attached hydrogens (tertiary/aromatic N) is 2. The van der Waals surface area contributed by atoms with Crippen molar-refractivity contribution in [3.63, 3.8) is 0 Å². The second-order valence-corrected chi connectivity index (χ2v) is 12.4. The molecule has 196 valence electrons. The molecule has 0 heterocycles. The summed E-state index contributed by atoms with van der Waals surface area (Å²) in [5.74, 6) is 0.587. The Bertz CT molecular complexity index is 733. The minimum absolute atomic E-state index is 0.0275. The third-order valence-corrected chi connectivity index (χ3v) is 6.55. The fraction of sp³-hybridized carbons (Fsp3) is 0.852. The Morgan fingerprint density at radius 1 is 0.824 bits per heavy atom. The molecule has 2 atom stereocenters. The molecule has 0 spiro atoms. The van der Waals surface area contributed by atoms with Gasteiger partial charge in [0.05, 0.1) is 11.4 Å². The average Bonchev–Trinajstić information content (AvgIpc) is 2.64. The summed E-state index contributed by atoms with van der Waals surface area (Å²) < 4.78 is 0. The molecule has 0 bridgehead atoms. The highest BCUT2D eigenvalue weighted by Crippen LogP contribution is 2.48. The van der Waals surface area contributed by atoms with Crippen LogP contribution >= 0.6 is 0 Å². The number of nitrogens with one attached hydrogen (secondary N) is 1. The Balaban J connectivity index is 2.76. The lowest BCUT2D eigenvalue weighted by atomic mass is 9.61. The summed E-state index contributed by atoms with van der Waals surface area (Å²) in [5, 5.41) is 11.3. The molecule has 1 amide bonds. The van der Waals surface area contributed by atoms with Crippen LogP contribution < -0.4 is 5.32 Å². The highest BCUT2D eigenvalue weighted by atomic mass is 16.7. The maximum atomic E-state index is 12.5. The van der Waals surface area contributed by atoms with E-state index in [4.69, 9.17) is 9.68 Å². The summed E-state index contributed by atoms with van der Waals surface area (Å²) in [6.45, 7) is 23.0. The summed E-state index contributed by atoms with van der Waals surface area (Å²) in [7, 11) is 0. The zero-order valence-electron chi connectivity index (χ0n) is 23.4. The van der Waals surface area contributed by atoms with Gasteiger partial charge in [-0.2, -0.15) is 0 Å². The second-order valence-electron chi connectivity index (χ2n) is 12.4. The standard InChI is InChI=1S/C27H49N3O4/c1-17(2)23(18(3)4)29-33-22(31)12-13-27(11)15-21(14-26(9,10)16-27)28-25(32)34-30-24(19(5)6)20(7)8/h17-21H,12-16H2,1-11H3,(H,28,32). The van der Waals surface area contributed by atoms with Crippen molar-refractivity contribution in [1.82, 2.24) is 5.32 Å². The lowest BCUT2D eigenvalue weighted by Gasteiger charge is -2.46. The zero-order valence-corrected chi connectivity index (χ0v) is 23.4. The minimum Gasteiger partial charge on any atom is -0.318 e. The molecule has 1 aliphatic carbocycles. The first-order valence-electron chi connectivity index (χ1n) is 12.9. The molecule has 7 heteroatoms. The third-order valence-electron chi connectivity index (χ3n) is 6.55. The number of carbonyl (C=O) groups excluding carboxylic acids is 2. The smallest absolute Gasteiger partial charge is 0.318 e. The normalized spacial score (nSPS) is 22.0. The molecule has 1 N–H and O–H groups in total. The first-order valence-corrected chi connectivity index (χ1v) is 12.9. The van der Waals surface area contributed by atoms with E-state index < -0.39 is 6.09 Å². The molecule has 1 saturated carbocycles. The SMILES string of the molecule is CC(C)C(=NOC(=O)CCC1(C)CC(NC(=O)ON=C(C(C)C)C(C)C)CC(C)(C)C1)C(C)C. The van der Waals surface area contributed by atoms with Crippen molar-refractivity contribution >= 4 is 23.5 Å². The summed E-state index contributed by atoms with van der Waals surface area (Å²) in [6, 6.07) is -0.0412. The number of rotatable bonds is 10. The molecule has 0 radical (unpaired) electrons. The van der Waals surface area contributed by atoms with Gasteiger partial charge in [0.1, 0.15) is 0 Å². The highest BCUT2D eigenvalue weighted by Gasteiger charge is 2.42. The molecule has 0 saturated heterocycles. The van der Waals surface area contributed by atoms with E-state index in [2.05, 4.69) is 36.4 Å². The quantitative estimate of drug-likeness (QED) is 0.208. The summed E-state index contributed by atoms with van der Waals surface area (Å²) in [5.41, 5.74) is 1.68. The highest BCUT2D eigenvalue weighted by molar-refractivity contribution is 5.88. The van der Waals surface area contributed by atoms with Gasteiger partial charge in [-0.05, 0) is 60.2 Å². The average molecular weight is 480 g/mol. The van der Waals surface area contributed by atoms with Gasteiger partial charge < -0.3 is 10.2 Å². The van der Waals surface area contributed by atoms with Crippen LogP contribution in [0, 0.1) is 34.5 Å². The van der Waals surface area contributed by atoms with Gasteiger partial charge in [0, 0.05) is 12.5 Å². The Kier molecular flexibility index (Phi) is 11.2. The topological polar surface area (TPSA) is 89.3 Å². The van der Waals surface area contributed by atoms with Crippen LogP contribution in [0.3, 0.4) is 0 Å². The molecule has 1 fully saturated rings. The van der Waals surface area contributed by atoms with Crippen LogP contribution in [0.1, 0.15) is 108 Å². The molecule has 0 aromatic heterocycles. The molecule has 0 aromatic rings. The molecular formula is C27H49N3O4. The maximum absolute atomic E-state index is 12.5. The molecular weight excluding hydrogens is 430 g/mol. The van der Waals surface area contributed by atoms with Crippen molar-refractivity contribution < 1.29 is 19.3 Å². The van der Waals surface area contributed by atoms with Crippen molar-refractivity contribution in [2.24, 2.45) is 44.8 Å². The molecule has 34 heavy (non-hydrogen) atoms. The van der Waals surface area contributed by atoms with E-state index in [1.165, 1.54) is 0 Å². The molecule has 0 aliphatic heterocycles. The predicted molar refractivity (Wildman–Crippen MR) is 139 cm³/mol. The van der Waals surface area contributed by atoms with Crippen LogP contribution in [0.5, 0.6) is 0 Å². The van der Waals surface area contributed by atoms with E-state index in [0.29, 0.717) is 12.8 Å². The van der Waals surface area contributed by atoms with Crippen molar-refractivity contribution in [2.75, 3.05) is 0 Å². The van der Waals surface area contributed by atoms with Crippen molar-refractivity contribution in [3.05, 3.63) is 0 Å². The number of oxime groups is 2. The van der Waals surface area contributed by atoms with E-state index in [0.717, 1.165) is 30.7 Å². The van der Waals surface area contributed by atoms with E-state index in [1.54, 1.807) is 0 Å². The summed E-state index contributed by atoms with van der Waals surface area (Å²) >= 11 is 0. The largest absolute Gasteiger partial charge is 0.433 e. The van der Waals surface area contributed by atoms with Gasteiger partial charge in [-0.25, -0.2) is 9.59 Å². The fourth-order valence-corrected chi connectivity index (χ4v) is 5.52. The third kappa shape index (κ3) is 10.1. The van der Waals surface area contributed by atoms with E-state index in [1.807, 2.05) is 55.4 Å². The maximum Gasteiger partial charge on any atom is 0.433 e. The molecule has 0 aromatic carbocycles. The molecule has 1 aliphatic rings.